The van der Waals surface area contributed by atoms with Crippen molar-refractivity contribution in [1.29, 1.82) is 0 Å². The number of alkyl halides is 3. The van der Waals surface area contributed by atoms with Gasteiger partial charge in [0.05, 0.1) is 30.2 Å². The topological polar surface area (TPSA) is 164 Å². The summed E-state index contributed by atoms with van der Waals surface area (Å²) in [6.07, 6.45) is 5.91. The molecule has 8 rings (SSSR count). The molecule has 1 aliphatic carbocycles. The Bertz CT molecular complexity index is 2480. The molecule has 0 bridgehead atoms. The molecule has 6 heterocycles. The van der Waals surface area contributed by atoms with Gasteiger partial charge in [-0.05, 0) is 80.3 Å². The minimum Gasteiger partial charge on any atom is -0.355 e. The van der Waals surface area contributed by atoms with Gasteiger partial charge in [-0.3, -0.25) is 23.6 Å². The van der Waals surface area contributed by atoms with Crippen molar-refractivity contribution in [1.82, 2.24) is 60.0 Å². The van der Waals surface area contributed by atoms with Gasteiger partial charge in [-0.2, -0.15) is 38.4 Å². The molecule has 1 saturated carbocycles. The third-order valence-electron chi connectivity index (χ3n) is 10.4. The molecule has 58 heavy (non-hydrogen) atoms. The van der Waals surface area contributed by atoms with Gasteiger partial charge in [0.2, 0.25) is 11.8 Å². The Morgan fingerprint density at radius 1 is 0.966 bits per heavy atom. The van der Waals surface area contributed by atoms with Crippen molar-refractivity contribution in [2.75, 3.05) is 6.61 Å². The number of halogens is 4. The fraction of sp³-hybridized carbons (Fsp3) is 0.436. The van der Waals surface area contributed by atoms with Crippen molar-refractivity contribution >= 4 is 22.8 Å². The molecule has 2 amide bonds. The minimum atomic E-state index is -4.74. The van der Waals surface area contributed by atoms with Crippen LogP contribution in [0, 0.1) is 11.7 Å². The molecule has 0 spiro atoms. The van der Waals surface area contributed by atoms with E-state index >= 15 is 4.39 Å². The van der Waals surface area contributed by atoms with Gasteiger partial charge in [0.25, 0.3) is 0 Å². The number of ether oxygens (including phenoxy) is 1. The smallest absolute Gasteiger partial charge is 0.355 e. The lowest BCUT2D eigenvalue weighted by atomic mass is 10.0. The predicted molar refractivity (Wildman–Crippen MR) is 201 cm³/mol. The van der Waals surface area contributed by atoms with Crippen LogP contribution in [-0.2, 0) is 47.6 Å². The van der Waals surface area contributed by atoms with Crippen LogP contribution in [-0.4, -0.2) is 79.3 Å². The first-order chi connectivity index (χ1) is 27.6. The lowest BCUT2D eigenvalue weighted by molar-refractivity contribution is -0.141. The van der Waals surface area contributed by atoms with Gasteiger partial charge in [0, 0.05) is 62.6 Å². The van der Waals surface area contributed by atoms with Crippen molar-refractivity contribution in [2.24, 2.45) is 20.0 Å². The van der Waals surface area contributed by atoms with Crippen molar-refractivity contribution in [3.8, 4) is 22.5 Å². The van der Waals surface area contributed by atoms with Crippen molar-refractivity contribution in [2.45, 2.75) is 82.4 Å². The standard InChI is InChI=1S/C39H42F4N12O3/c1-38(2,21-54-32(15-33(50-54)39(41,42)43)31-18-46-55(49-31)34-7-5-6-10-58-34)48-37(57)30(11-22-16-45-52(3)19-22)47-36(56)28-14-27(28)26-9-8-23(13-29(26)40)24-12-25-20-53(4)51-35(25)44-17-24/h8-9,12-13,15-20,27-28,30,34H,5-7,10-11,14,21H2,1-4H3,(H,47,56)(H,48,57)/t27-,28+,30-,34?/m1/s1. The molecule has 1 saturated heterocycles. The summed E-state index contributed by atoms with van der Waals surface area (Å²) in [5.41, 5.74) is 0.935. The quantitative estimate of drug-likeness (QED) is 0.160. The van der Waals surface area contributed by atoms with Crippen LogP contribution in [0.15, 0.2) is 61.3 Å². The van der Waals surface area contributed by atoms with Gasteiger partial charge in [0.1, 0.15) is 17.6 Å². The zero-order chi connectivity index (χ0) is 40.9. The molecule has 1 unspecified atom stereocenters. The van der Waals surface area contributed by atoms with Crippen molar-refractivity contribution in [3.63, 3.8) is 0 Å². The first kappa shape index (κ1) is 38.9. The normalized spacial score (nSPS) is 19.0. The third kappa shape index (κ3) is 8.34. The van der Waals surface area contributed by atoms with E-state index in [1.165, 1.54) is 17.1 Å². The summed E-state index contributed by atoms with van der Waals surface area (Å²) in [7, 11) is 3.52. The second kappa shape index (κ2) is 15.1. The maximum atomic E-state index is 15.6. The molecular formula is C39H42F4N12O3. The monoisotopic (exact) mass is 802 g/mol. The van der Waals surface area contributed by atoms with E-state index in [2.05, 4.69) is 41.1 Å². The number of aromatic nitrogens is 10. The maximum absolute atomic E-state index is 15.6. The van der Waals surface area contributed by atoms with Crippen LogP contribution in [0.5, 0.6) is 0 Å². The highest BCUT2D eigenvalue weighted by molar-refractivity contribution is 5.91. The number of fused-ring (bicyclic) bond motifs is 1. The lowest BCUT2D eigenvalue weighted by Crippen LogP contribution is -2.55. The molecule has 2 aliphatic rings. The Balaban J connectivity index is 0.972. The van der Waals surface area contributed by atoms with Gasteiger partial charge >= 0.3 is 6.18 Å². The number of rotatable bonds is 12. The van der Waals surface area contributed by atoms with Crippen LogP contribution in [0.4, 0.5) is 17.6 Å². The van der Waals surface area contributed by atoms with Crippen LogP contribution in [0.25, 0.3) is 33.5 Å². The molecule has 4 atom stereocenters. The highest BCUT2D eigenvalue weighted by atomic mass is 19.4. The van der Waals surface area contributed by atoms with E-state index in [0.29, 0.717) is 41.8 Å². The fourth-order valence-electron chi connectivity index (χ4n) is 7.48. The third-order valence-corrected chi connectivity index (χ3v) is 10.4. The molecule has 15 nitrogen and oxygen atoms in total. The molecule has 0 radical (unpaired) electrons. The molecule has 19 heteroatoms. The predicted octanol–water partition coefficient (Wildman–Crippen LogP) is 5.11. The zero-order valence-electron chi connectivity index (χ0n) is 32.2. The molecule has 5 aromatic heterocycles. The van der Waals surface area contributed by atoms with Gasteiger partial charge in [-0.25, -0.2) is 9.37 Å². The molecule has 2 N–H and O–H groups in total. The van der Waals surface area contributed by atoms with Crippen LogP contribution >= 0.6 is 0 Å². The summed E-state index contributed by atoms with van der Waals surface area (Å²) in [4.78, 5) is 33.5. The Hall–Kier alpha value is -5.98. The number of hydrogen-bond acceptors (Lipinski definition) is 9. The van der Waals surface area contributed by atoms with E-state index in [0.717, 1.165) is 34.5 Å². The number of benzene rings is 1. The van der Waals surface area contributed by atoms with E-state index in [1.54, 1.807) is 68.0 Å². The first-order valence-electron chi connectivity index (χ1n) is 19.0. The van der Waals surface area contributed by atoms with Crippen LogP contribution in [0.2, 0.25) is 0 Å². The van der Waals surface area contributed by atoms with Gasteiger partial charge in [-0.1, -0.05) is 12.1 Å². The number of aryl methyl sites for hydroxylation is 2. The summed E-state index contributed by atoms with van der Waals surface area (Å²) >= 11 is 0. The summed E-state index contributed by atoms with van der Waals surface area (Å²) < 4.78 is 67.6. The van der Waals surface area contributed by atoms with E-state index in [4.69, 9.17) is 4.74 Å². The van der Waals surface area contributed by atoms with Crippen LogP contribution in [0.3, 0.4) is 0 Å². The number of amides is 2. The number of carbonyl (C=O) groups excluding carboxylic acids is 2. The van der Waals surface area contributed by atoms with Crippen molar-refractivity contribution < 1.29 is 31.9 Å². The Labute approximate surface area is 329 Å². The minimum absolute atomic E-state index is 0.0585. The fourth-order valence-corrected chi connectivity index (χ4v) is 7.48. The highest BCUT2D eigenvalue weighted by Crippen LogP contribution is 2.49. The van der Waals surface area contributed by atoms with E-state index in [-0.39, 0.29) is 24.4 Å². The van der Waals surface area contributed by atoms with Gasteiger partial charge in [0.15, 0.2) is 17.6 Å². The molecule has 1 aliphatic heterocycles. The summed E-state index contributed by atoms with van der Waals surface area (Å²) in [5, 5.41) is 27.6. The van der Waals surface area contributed by atoms with Crippen LogP contribution < -0.4 is 10.6 Å². The molecular weight excluding hydrogens is 761 g/mol. The van der Waals surface area contributed by atoms with Gasteiger partial charge < -0.3 is 15.4 Å². The zero-order valence-corrected chi connectivity index (χ0v) is 32.2. The highest BCUT2D eigenvalue weighted by Gasteiger charge is 2.46. The first-order valence-corrected chi connectivity index (χ1v) is 19.0. The summed E-state index contributed by atoms with van der Waals surface area (Å²) in [6.45, 7) is 3.64. The number of carbonyl (C=O) groups is 2. The molecule has 2 fully saturated rings. The van der Waals surface area contributed by atoms with E-state index < -0.39 is 59.1 Å². The average Bonchev–Trinajstić information content (AvgIpc) is 3.53. The lowest BCUT2D eigenvalue weighted by Gasteiger charge is -2.29. The van der Waals surface area contributed by atoms with Gasteiger partial charge in [-0.15, -0.1) is 5.10 Å². The van der Waals surface area contributed by atoms with Crippen molar-refractivity contribution in [3.05, 3.63) is 84.0 Å². The molecule has 304 valence electrons. The number of nitrogens with one attached hydrogen (secondary N) is 2. The van der Waals surface area contributed by atoms with Crippen LogP contribution in [0.1, 0.15) is 68.5 Å². The second-order valence-corrected chi connectivity index (χ2v) is 15.7. The maximum Gasteiger partial charge on any atom is 0.435 e. The summed E-state index contributed by atoms with van der Waals surface area (Å²) in [6, 6.07) is 6.61. The number of nitrogens with zero attached hydrogens (tertiary/aromatic N) is 10. The molecule has 1 aromatic carbocycles. The SMILES string of the molecule is Cn1cc(C[C@@H](NC(=O)[C@H]2C[C@@H]2c2ccc(-c3cnc4nn(C)cc4c3)cc2F)C(=O)NC(C)(C)Cn2nc(C(F)(F)F)cc2-c2cnn(C3CCCCO3)n2)cn1. The number of hydrogen-bond donors (Lipinski definition) is 2. The largest absolute Gasteiger partial charge is 0.435 e. The average molecular weight is 803 g/mol. The van der Waals surface area contributed by atoms with E-state index in [9.17, 15) is 22.8 Å². The Morgan fingerprint density at radius 3 is 2.52 bits per heavy atom. The Morgan fingerprint density at radius 2 is 1.79 bits per heavy atom. The molecule has 6 aromatic rings. The number of pyridine rings is 1. The summed E-state index contributed by atoms with van der Waals surface area (Å²) in [5.74, 6) is -2.41. The Kier molecular flexibility index (Phi) is 10.1. The second-order valence-electron chi connectivity index (χ2n) is 15.7. The van der Waals surface area contributed by atoms with E-state index in [1.807, 2.05) is 12.3 Å².